The number of likely N-dealkylation sites (tertiary alicyclic amines) is 1. The first-order chi connectivity index (χ1) is 12.0. The summed E-state index contributed by atoms with van der Waals surface area (Å²) in [5.74, 6) is 0.505. The van der Waals surface area contributed by atoms with Crippen LogP contribution in [0.25, 0.3) is 0 Å². The molecule has 2 saturated heterocycles. The van der Waals surface area contributed by atoms with Crippen LogP contribution in [0, 0.1) is 19.8 Å². The van der Waals surface area contributed by atoms with Gasteiger partial charge in [0.05, 0.1) is 13.2 Å². The first-order valence-electron chi connectivity index (χ1n) is 9.16. The molecule has 2 fully saturated rings. The molecule has 0 unspecified atom stereocenters. The molecule has 3 rings (SSSR count). The number of ether oxygens (including phenoxy) is 2. The second-order valence-corrected chi connectivity index (χ2v) is 7.07. The number of ketones is 1. The van der Waals surface area contributed by atoms with Gasteiger partial charge in [-0.15, -0.1) is 0 Å². The summed E-state index contributed by atoms with van der Waals surface area (Å²) in [6.07, 6.45) is 2.27. The van der Waals surface area contributed by atoms with Crippen molar-refractivity contribution >= 4 is 11.7 Å². The van der Waals surface area contributed by atoms with Gasteiger partial charge in [-0.1, -0.05) is 17.7 Å². The van der Waals surface area contributed by atoms with E-state index in [1.165, 1.54) is 0 Å². The van der Waals surface area contributed by atoms with Gasteiger partial charge in [-0.25, -0.2) is 0 Å². The molecule has 0 aliphatic carbocycles. The van der Waals surface area contributed by atoms with E-state index in [-0.39, 0.29) is 30.8 Å². The third-order valence-electron chi connectivity index (χ3n) is 5.18. The summed E-state index contributed by atoms with van der Waals surface area (Å²) < 4.78 is 11.1. The third kappa shape index (κ3) is 4.47. The van der Waals surface area contributed by atoms with Crippen LogP contribution in [-0.4, -0.2) is 49.2 Å². The van der Waals surface area contributed by atoms with Crippen molar-refractivity contribution < 1.29 is 19.1 Å². The zero-order chi connectivity index (χ0) is 17.8. The van der Waals surface area contributed by atoms with E-state index in [1.807, 2.05) is 36.9 Å². The molecule has 0 aromatic heterocycles. The quantitative estimate of drug-likeness (QED) is 0.770. The largest absolute Gasteiger partial charge is 0.350 e. The maximum atomic E-state index is 12.4. The van der Waals surface area contributed by atoms with Crippen molar-refractivity contribution in [2.45, 2.75) is 45.8 Å². The molecule has 2 aliphatic heterocycles. The molecule has 25 heavy (non-hydrogen) atoms. The Kier molecular flexibility index (Phi) is 5.86. The van der Waals surface area contributed by atoms with Gasteiger partial charge in [0.2, 0.25) is 5.91 Å². The van der Waals surface area contributed by atoms with Gasteiger partial charge in [-0.05, 0) is 38.3 Å². The summed E-state index contributed by atoms with van der Waals surface area (Å²) in [4.78, 5) is 26.7. The Bertz CT molecular complexity index is 629. The lowest BCUT2D eigenvalue weighted by atomic mass is 9.95. The predicted octanol–water partition coefficient (Wildman–Crippen LogP) is 2.88. The summed E-state index contributed by atoms with van der Waals surface area (Å²) in [6.45, 7) is 6.71. The lowest BCUT2D eigenvalue weighted by molar-refractivity contribution is -0.136. The maximum absolute atomic E-state index is 12.4. The average Bonchev–Trinajstić information content (AvgIpc) is 3.16. The van der Waals surface area contributed by atoms with Crippen molar-refractivity contribution in [2.24, 2.45) is 5.92 Å². The second kappa shape index (κ2) is 8.11. The standard InChI is InChI=1S/C20H27NO4/c1-14-3-4-15(2)17(13-14)18(22)5-6-19(23)21-9-7-16(8-10-21)20-24-11-12-25-20/h3-4,13,16,20H,5-12H2,1-2H3. The van der Waals surface area contributed by atoms with Gasteiger partial charge in [0.1, 0.15) is 0 Å². The minimum atomic E-state index is -0.0943. The Labute approximate surface area is 149 Å². The first-order valence-corrected chi connectivity index (χ1v) is 9.16. The monoisotopic (exact) mass is 345 g/mol. The molecule has 0 atom stereocenters. The van der Waals surface area contributed by atoms with E-state index in [9.17, 15) is 9.59 Å². The van der Waals surface area contributed by atoms with Gasteiger partial charge in [0, 0.05) is 37.4 Å². The maximum Gasteiger partial charge on any atom is 0.223 e. The van der Waals surface area contributed by atoms with Gasteiger partial charge in [0.25, 0.3) is 0 Å². The minimum absolute atomic E-state index is 0.0530. The molecule has 1 aromatic rings. The number of carbonyl (C=O) groups is 2. The van der Waals surface area contributed by atoms with Crippen LogP contribution in [0.1, 0.15) is 47.2 Å². The van der Waals surface area contributed by atoms with E-state index in [4.69, 9.17) is 9.47 Å². The normalized spacial score (nSPS) is 19.4. The smallest absolute Gasteiger partial charge is 0.223 e. The van der Waals surface area contributed by atoms with E-state index in [1.54, 1.807) is 0 Å². The third-order valence-corrected chi connectivity index (χ3v) is 5.18. The van der Waals surface area contributed by atoms with Gasteiger partial charge >= 0.3 is 0 Å². The van der Waals surface area contributed by atoms with E-state index in [2.05, 4.69) is 0 Å². The summed E-state index contributed by atoms with van der Waals surface area (Å²) >= 11 is 0. The van der Waals surface area contributed by atoms with Crippen LogP contribution in [0.4, 0.5) is 0 Å². The Morgan fingerprint density at radius 2 is 1.76 bits per heavy atom. The Morgan fingerprint density at radius 3 is 2.44 bits per heavy atom. The number of hydrogen-bond donors (Lipinski definition) is 0. The molecular weight excluding hydrogens is 318 g/mol. The van der Waals surface area contributed by atoms with E-state index >= 15 is 0 Å². The zero-order valence-corrected chi connectivity index (χ0v) is 15.1. The van der Waals surface area contributed by atoms with Crippen LogP contribution in [0.5, 0.6) is 0 Å². The lowest BCUT2D eigenvalue weighted by Gasteiger charge is -2.33. The summed E-state index contributed by atoms with van der Waals surface area (Å²) in [5.41, 5.74) is 2.78. The van der Waals surface area contributed by atoms with Crippen LogP contribution < -0.4 is 0 Å². The van der Waals surface area contributed by atoms with E-state index in [0.29, 0.717) is 19.1 Å². The number of benzene rings is 1. The van der Waals surface area contributed by atoms with Crippen LogP contribution in [-0.2, 0) is 14.3 Å². The number of nitrogens with zero attached hydrogens (tertiary/aromatic N) is 1. The molecule has 2 aliphatic rings. The second-order valence-electron chi connectivity index (χ2n) is 7.07. The number of aryl methyl sites for hydroxylation is 2. The van der Waals surface area contributed by atoms with Crippen LogP contribution in [0.15, 0.2) is 18.2 Å². The molecule has 1 aromatic carbocycles. The van der Waals surface area contributed by atoms with Crippen molar-refractivity contribution in [3.63, 3.8) is 0 Å². The Morgan fingerprint density at radius 1 is 1.08 bits per heavy atom. The van der Waals surface area contributed by atoms with Gasteiger partial charge in [0.15, 0.2) is 12.1 Å². The Balaban J connectivity index is 1.46. The van der Waals surface area contributed by atoms with Gasteiger partial charge in [-0.3, -0.25) is 9.59 Å². The fraction of sp³-hybridized carbons (Fsp3) is 0.600. The number of Topliss-reactive ketones (excluding diaryl/α,β-unsaturated/α-hetero) is 1. The van der Waals surface area contributed by atoms with Gasteiger partial charge in [-0.2, -0.15) is 0 Å². The molecule has 1 amide bonds. The summed E-state index contributed by atoms with van der Waals surface area (Å²) in [6, 6.07) is 5.87. The summed E-state index contributed by atoms with van der Waals surface area (Å²) in [7, 11) is 0. The minimum Gasteiger partial charge on any atom is -0.350 e. The molecule has 2 heterocycles. The highest BCUT2D eigenvalue weighted by atomic mass is 16.7. The molecule has 5 nitrogen and oxygen atoms in total. The number of rotatable bonds is 5. The molecule has 0 N–H and O–H groups in total. The number of carbonyl (C=O) groups excluding carboxylic acids is 2. The molecule has 136 valence electrons. The molecule has 5 heteroatoms. The number of amides is 1. The fourth-order valence-corrected chi connectivity index (χ4v) is 3.62. The fourth-order valence-electron chi connectivity index (χ4n) is 3.62. The molecule has 0 radical (unpaired) electrons. The van der Waals surface area contributed by atoms with Crippen molar-refractivity contribution in [1.82, 2.24) is 4.90 Å². The van der Waals surface area contributed by atoms with E-state index in [0.717, 1.165) is 42.6 Å². The van der Waals surface area contributed by atoms with Crippen LogP contribution in [0.2, 0.25) is 0 Å². The zero-order valence-electron chi connectivity index (χ0n) is 15.1. The Hall–Kier alpha value is -1.72. The van der Waals surface area contributed by atoms with Gasteiger partial charge < -0.3 is 14.4 Å². The average molecular weight is 345 g/mol. The van der Waals surface area contributed by atoms with Crippen LogP contribution >= 0.6 is 0 Å². The molecule has 0 saturated carbocycles. The molecular formula is C20H27NO4. The molecule has 0 spiro atoms. The van der Waals surface area contributed by atoms with Crippen molar-refractivity contribution in [1.29, 1.82) is 0 Å². The van der Waals surface area contributed by atoms with Crippen molar-refractivity contribution in [3.05, 3.63) is 34.9 Å². The van der Waals surface area contributed by atoms with Crippen molar-refractivity contribution in [3.8, 4) is 0 Å². The highest BCUT2D eigenvalue weighted by molar-refractivity contribution is 5.99. The lowest BCUT2D eigenvalue weighted by Crippen LogP contribution is -2.41. The van der Waals surface area contributed by atoms with Crippen LogP contribution in [0.3, 0.4) is 0 Å². The highest BCUT2D eigenvalue weighted by Gasteiger charge is 2.31. The first kappa shape index (κ1) is 18.1. The summed E-state index contributed by atoms with van der Waals surface area (Å²) in [5, 5.41) is 0. The molecule has 0 bridgehead atoms. The van der Waals surface area contributed by atoms with Crippen molar-refractivity contribution in [2.75, 3.05) is 26.3 Å². The number of piperidine rings is 1. The highest BCUT2D eigenvalue weighted by Crippen LogP contribution is 2.26. The topological polar surface area (TPSA) is 55.8 Å². The SMILES string of the molecule is Cc1ccc(C)c(C(=O)CCC(=O)N2CCC(C3OCCO3)CC2)c1. The number of hydrogen-bond acceptors (Lipinski definition) is 4. The van der Waals surface area contributed by atoms with E-state index < -0.39 is 0 Å². The predicted molar refractivity (Wildman–Crippen MR) is 94.5 cm³/mol.